The first-order chi connectivity index (χ1) is 25.6. The predicted octanol–water partition coefficient (Wildman–Crippen LogP) is 13.2. The third kappa shape index (κ3) is 4.26. The van der Waals surface area contributed by atoms with E-state index in [1.165, 1.54) is 65.7 Å². The molecule has 0 fully saturated rings. The maximum absolute atomic E-state index is 4.95. The van der Waals surface area contributed by atoms with Crippen LogP contribution in [0.25, 0.3) is 17.7 Å². The molecule has 0 saturated carbocycles. The van der Waals surface area contributed by atoms with Crippen molar-refractivity contribution >= 4 is 57.9 Å². The summed E-state index contributed by atoms with van der Waals surface area (Å²) in [5, 5.41) is 0. The number of fused-ring (bicyclic) bond motifs is 6. The molecule has 2 aliphatic heterocycles. The van der Waals surface area contributed by atoms with Crippen molar-refractivity contribution in [3.05, 3.63) is 214 Å². The second-order valence-electron chi connectivity index (χ2n) is 13.8. The maximum atomic E-state index is 4.95. The monoisotopic (exact) mass is 684 g/mol. The predicted molar refractivity (Wildman–Crippen MR) is 220 cm³/mol. The molecule has 0 amide bonds. The molecule has 0 unspecified atom stereocenters. The zero-order chi connectivity index (χ0) is 35.0. The van der Waals surface area contributed by atoms with E-state index in [1.807, 2.05) is 11.8 Å². The summed E-state index contributed by atoms with van der Waals surface area (Å²) in [6.45, 7) is 9.54. The van der Waals surface area contributed by atoms with E-state index in [0.717, 1.165) is 28.2 Å². The van der Waals surface area contributed by atoms with Gasteiger partial charge in [-0.15, -0.1) is 0 Å². The van der Waals surface area contributed by atoms with Crippen LogP contribution in [-0.4, -0.2) is 0 Å². The van der Waals surface area contributed by atoms with Gasteiger partial charge in [0, 0.05) is 26.6 Å². The van der Waals surface area contributed by atoms with E-state index in [0.29, 0.717) is 0 Å². The normalized spacial score (nSPS) is 14.7. The molecule has 10 rings (SSSR count). The summed E-state index contributed by atoms with van der Waals surface area (Å²) in [5.41, 5.74) is 17.0. The number of hydrogen-bond donors (Lipinski definition) is 0. The van der Waals surface area contributed by atoms with Gasteiger partial charge in [0.1, 0.15) is 5.54 Å². The molecule has 0 aromatic heterocycles. The fourth-order valence-corrected chi connectivity index (χ4v) is 9.91. The highest BCUT2D eigenvalue weighted by Gasteiger charge is 2.54. The van der Waals surface area contributed by atoms with Gasteiger partial charge in [0.15, 0.2) is 0 Å². The Morgan fingerprint density at radius 3 is 1.71 bits per heavy atom. The molecule has 52 heavy (non-hydrogen) atoms. The van der Waals surface area contributed by atoms with Crippen LogP contribution in [0.15, 0.2) is 174 Å². The molecule has 0 radical (unpaired) electrons. The first kappa shape index (κ1) is 30.8. The van der Waals surface area contributed by atoms with E-state index >= 15 is 0 Å². The minimum absolute atomic E-state index is 0.818. The van der Waals surface area contributed by atoms with Crippen molar-refractivity contribution in [2.24, 2.45) is 0 Å². The van der Waals surface area contributed by atoms with Crippen molar-refractivity contribution in [3.8, 4) is 0 Å². The molecule has 0 bridgehead atoms. The first-order valence-electron chi connectivity index (χ1n) is 17.9. The number of hydrogen-bond acceptors (Lipinski definition) is 3. The molecule has 0 N–H and O–H groups in total. The van der Waals surface area contributed by atoms with Crippen LogP contribution in [0.1, 0.15) is 50.1 Å². The highest BCUT2D eigenvalue weighted by molar-refractivity contribution is 7.99. The van der Waals surface area contributed by atoms with Crippen molar-refractivity contribution in [2.75, 3.05) is 9.80 Å². The Balaban J connectivity index is 1.44. The third-order valence-corrected chi connectivity index (χ3v) is 12.3. The highest BCUT2D eigenvalue weighted by atomic mass is 32.2. The lowest BCUT2D eigenvalue weighted by Crippen LogP contribution is -2.51. The second-order valence-corrected chi connectivity index (χ2v) is 14.9. The maximum Gasteiger partial charge on any atom is 0.126 e. The average molecular weight is 685 g/mol. The van der Waals surface area contributed by atoms with Crippen molar-refractivity contribution in [3.63, 3.8) is 0 Å². The number of benzene rings is 7. The second kappa shape index (κ2) is 11.8. The van der Waals surface area contributed by atoms with Gasteiger partial charge >= 0.3 is 0 Å². The SMILES string of the molecule is C=C1c2ccccc2C=Cc2cc(C)c(C)c(C3(N4c5ccccc5Sc5ccccc54)c4ccccc4N(c4ccccc4)c4ccccc43)c21. The summed E-state index contributed by atoms with van der Waals surface area (Å²) in [7, 11) is 0. The Kier molecular flexibility index (Phi) is 6.96. The summed E-state index contributed by atoms with van der Waals surface area (Å²) < 4.78 is 0. The van der Waals surface area contributed by atoms with Crippen molar-refractivity contribution in [2.45, 2.75) is 29.2 Å². The van der Waals surface area contributed by atoms with Gasteiger partial charge in [-0.2, -0.15) is 0 Å². The van der Waals surface area contributed by atoms with E-state index in [-0.39, 0.29) is 0 Å². The Hall–Kier alpha value is -6.03. The van der Waals surface area contributed by atoms with Crippen LogP contribution in [-0.2, 0) is 5.54 Å². The van der Waals surface area contributed by atoms with E-state index in [9.17, 15) is 0 Å². The number of nitrogens with zero attached hydrogens (tertiary/aromatic N) is 2. The van der Waals surface area contributed by atoms with Gasteiger partial charge in [0.2, 0.25) is 0 Å². The van der Waals surface area contributed by atoms with Gasteiger partial charge in [-0.05, 0) is 107 Å². The summed E-state index contributed by atoms with van der Waals surface area (Å²) >= 11 is 1.85. The molecule has 0 saturated heterocycles. The topological polar surface area (TPSA) is 6.48 Å². The Morgan fingerprint density at radius 2 is 1.06 bits per heavy atom. The van der Waals surface area contributed by atoms with Crippen LogP contribution in [0.4, 0.5) is 28.4 Å². The first-order valence-corrected chi connectivity index (χ1v) is 18.7. The van der Waals surface area contributed by atoms with Gasteiger partial charge in [-0.3, -0.25) is 0 Å². The summed E-state index contributed by atoms with van der Waals surface area (Å²) in [4.78, 5) is 7.60. The smallest absolute Gasteiger partial charge is 0.126 e. The summed E-state index contributed by atoms with van der Waals surface area (Å²) in [6.07, 6.45) is 4.57. The lowest BCUT2D eigenvalue weighted by atomic mass is 9.66. The van der Waals surface area contributed by atoms with Crippen molar-refractivity contribution < 1.29 is 0 Å². The molecular weight excluding hydrogens is 649 g/mol. The quantitative estimate of drug-likeness (QED) is 0.183. The highest BCUT2D eigenvalue weighted by Crippen LogP contribution is 2.64. The minimum Gasteiger partial charge on any atom is -0.321 e. The van der Waals surface area contributed by atoms with Gasteiger partial charge in [-0.25, -0.2) is 0 Å². The van der Waals surface area contributed by atoms with Gasteiger partial charge in [0.05, 0.1) is 22.7 Å². The molecule has 1 aliphatic carbocycles. The lowest BCUT2D eigenvalue weighted by molar-refractivity contribution is 0.604. The number of rotatable bonds is 3. The Morgan fingerprint density at radius 1 is 0.538 bits per heavy atom. The molecule has 2 heterocycles. The molecule has 0 spiro atoms. The summed E-state index contributed by atoms with van der Waals surface area (Å²) in [6, 6.07) is 57.9. The fourth-order valence-electron chi connectivity index (χ4n) is 8.85. The van der Waals surface area contributed by atoms with E-state index in [2.05, 4.69) is 194 Å². The van der Waals surface area contributed by atoms with Crippen LogP contribution < -0.4 is 9.80 Å². The molecule has 7 aromatic carbocycles. The molecule has 3 heteroatoms. The van der Waals surface area contributed by atoms with Crippen molar-refractivity contribution in [1.29, 1.82) is 0 Å². The Bertz CT molecular complexity index is 2520. The molecule has 248 valence electrons. The largest absolute Gasteiger partial charge is 0.321 e. The van der Waals surface area contributed by atoms with Crippen LogP contribution in [0.5, 0.6) is 0 Å². The molecule has 3 aliphatic rings. The zero-order valence-electron chi connectivity index (χ0n) is 29.2. The third-order valence-electron chi connectivity index (χ3n) is 11.1. The molecule has 2 nitrogen and oxygen atoms in total. The van der Waals surface area contributed by atoms with E-state index in [4.69, 9.17) is 6.58 Å². The lowest BCUT2D eigenvalue weighted by Gasteiger charge is -2.55. The molecular formula is C49H36N2S. The average Bonchev–Trinajstić information content (AvgIpc) is 3.33. The number of anilines is 5. The number of aryl methyl sites for hydroxylation is 1. The van der Waals surface area contributed by atoms with Crippen LogP contribution in [0.2, 0.25) is 0 Å². The van der Waals surface area contributed by atoms with Gasteiger partial charge in [-0.1, -0.05) is 140 Å². The Labute approximate surface area is 310 Å². The molecule has 0 atom stereocenters. The molecule has 7 aromatic rings. The van der Waals surface area contributed by atoms with Gasteiger partial charge < -0.3 is 9.80 Å². The van der Waals surface area contributed by atoms with Gasteiger partial charge in [0.25, 0.3) is 0 Å². The van der Waals surface area contributed by atoms with Crippen LogP contribution in [0.3, 0.4) is 0 Å². The number of para-hydroxylation sites is 5. The van der Waals surface area contributed by atoms with Crippen molar-refractivity contribution in [1.82, 2.24) is 0 Å². The van der Waals surface area contributed by atoms with Crippen LogP contribution >= 0.6 is 11.8 Å². The van der Waals surface area contributed by atoms with Crippen LogP contribution in [0, 0.1) is 13.8 Å². The van der Waals surface area contributed by atoms with E-state index < -0.39 is 5.54 Å². The fraction of sp³-hybridized carbons (Fsp3) is 0.0612. The summed E-state index contributed by atoms with van der Waals surface area (Å²) in [5.74, 6) is 0. The van der Waals surface area contributed by atoms with E-state index in [1.54, 1.807) is 0 Å². The standard InChI is InChI=1S/C49H36N2S/c1-32-31-36-30-29-35-17-7-8-20-38(35)34(3)47(36)48(33(32)2)49(51-43-25-13-15-27-45(43)52-46-28-16-14-26-44(46)51)39-21-9-11-23-41(39)50(37-18-5-4-6-19-37)42-24-12-10-22-40(42)49/h4-31H,3H2,1-2H3. The minimum atomic E-state index is -0.818. The zero-order valence-corrected chi connectivity index (χ0v) is 30.0.